The highest BCUT2D eigenvalue weighted by atomic mass is 19.4. The Hall–Kier alpha value is -3.70. The van der Waals surface area contributed by atoms with Gasteiger partial charge in [0.15, 0.2) is 17.6 Å². The molecule has 0 fully saturated rings. The first-order chi connectivity index (χ1) is 13.8. The zero-order valence-electron chi connectivity index (χ0n) is 15.1. The van der Waals surface area contributed by atoms with Gasteiger partial charge in [-0.1, -0.05) is 13.8 Å². The Morgan fingerprint density at radius 3 is 2.66 bits per heavy atom. The van der Waals surface area contributed by atoms with Gasteiger partial charge in [0.25, 0.3) is 11.4 Å². The summed E-state index contributed by atoms with van der Waals surface area (Å²) in [5, 5.41) is 8.48. The van der Waals surface area contributed by atoms with E-state index in [2.05, 4.69) is 25.1 Å². The maximum absolute atomic E-state index is 13.5. The summed E-state index contributed by atoms with van der Waals surface area (Å²) >= 11 is 0. The van der Waals surface area contributed by atoms with E-state index in [4.69, 9.17) is 0 Å². The summed E-state index contributed by atoms with van der Waals surface area (Å²) in [6.45, 7) is 3.53. The van der Waals surface area contributed by atoms with Crippen molar-refractivity contribution < 1.29 is 22.3 Å². The van der Waals surface area contributed by atoms with E-state index in [9.17, 15) is 13.2 Å². The van der Waals surface area contributed by atoms with Gasteiger partial charge in [-0.05, 0) is 13.8 Å². The van der Waals surface area contributed by atoms with Gasteiger partial charge in [-0.25, -0.2) is 9.97 Å². The van der Waals surface area contributed by atoms with Gasteiger partial charge in [-0.15, -0.1) is 9.78 Å². The second kappa shape index (κ2) is 4.82. The summed E-state index contributed by atoms with van der Waals surface area (Å²) in [5.41, 5.74) is 1.07. The van der Waals surface area contributed by atoms with Crippen LogP contribution < -0.4 is 9.13 Å². The molecule has 1 atom stereocenters. The van der Waals surface area contributed by atoms with Gasteiger partial charge in [0.1, 0.15) is 23.9 Å². The summed E-state index contributed by atoms with van der Waals surface area (Å²) < 4.78 is 47.0. The summed E-state index contributed by atoms with van der Waals surface area (Å²) in [5.74, 6) is -0.405. The average Bonchev–Trinajstić information content (AvgIpc) is 3.37. The molecule has 1 spiro atoms. The molecule has 6 rings (SSSR count). The molecule has 144 valence electrons. The van der Waals surface area contributed by atoms with Crippen molar-refractivity contribution in [1.29, 1.82) is 0 Å². The minimum absolute atomic E-state index is 0.277. The lowest BCUT2D eigenvalue weighted by Crippen LogP contribution is -2.77. The molecular weight excluding hydrogens is 387 g/mol. The van der Waals surface area contributed by atoms with E-state index >= 15 is 0 Å². The summed E-state index contributed by atoms with van der Waals surface area (Å²) in [7, 11) is 0. The van der Waals surface area contributed by atoms with Crippen LogP contribution in [-0.4, -0.2) is 34.5 Å². The zero-order chi connectivity index (χ0) is 20.1. The molecule has 2 aliphatic rings. The molecule has 6 heterocycles. The number of fused-ring (bicyclic) bond motifs is 10. The van der Waals surface area contributed by atoms with E-state index in [1.165, 1.54) is 10.9 Å². The Balaban J connectivity index is 1.81. The van der Waals surface area contributed by atoms with Crippen LogP contribution in [0, 0.1) is 13.8 Å². The van der Waals surface area contributed by atoms with Gasteiger partial charge in [0.2, 0.25) is 12.0 Å². The van der Waals surface area contributed by atoms with Gasteiger partial charge >= 0.3 is 12.1 Å². The second-order valence-corrected chi connectivity index (χ2v) is 6.93. The Morgan fingerprint density at radius 1 is 1.03 bits per heavy atom. The first-order valence-corrected chi connectivity index (χ1v) is 8.69. The largest absolute Gasteiger partial charge is 0.584 e. The molecule has 0 aliphatic carbocycles. The van der Waals surface area contributed by atoms with E-state index in [1.807, 2.05) is 0 Å². The van der Waals surface area contributed by atoms with Crippen molar-refractivity contribution in [3.8, 4) is 22.9 Å². The van der Waals surface area contributed by atoms with Gasteiger partial charge in [-0.2, -0.15) is 18.3 Å². The predicted molar refractivity (Wildman–Crippen MR) is 87.7 cm³/mol. The third kappa shape index (κ3) is 1.78. The highest BCUT2D eigenvalue weighted by molar-refractivity contribution is 5.55. The van der Waals surface area contributed by atoms with Crippen LogP contribution in [0.3, 0.4) is 0 Å². The Bertz CT molecular complexity index is 1340. The van der Waals surface area contributed by atoms with Gasteiger partial charge in [0.05, 0.1) is 6.20 Å². The van der Waals surface area contributed by atoms with Crippen molar-refractivity contribution in [1.82, 2.24) is 34.5 Å². The van der Waals surface area contributed by atoms with E-state index in [-0.39, 0.29) is 5.69 Å². The first-order valence-electron chi connectivity index (χ1n) is 8.69. The van der Waals surface area contributed by atoms with E-state index in [0.717, 1.165) is 6.07 Å². The molecule has 0 radical (unpaired) electrons. The maximum atomic E-state index is 13.5. The quantitative estimate of drug-likeness (QED) is 0.350. The predicted octanol–water partition coefficient (Wildman–Crippen LogP) is 0.649. The SMILES string of the molecule is Cc1c[n+]2c(cn1)-c1nc(C)nn1C21n2nc(C(F)(F)F)cc2-c2cncc[n+]21. The molecule has 0 N–H and O–H groups in total. The number of hydrogen-bond acceptors (Lipinski definition) is 5. The Labute approximate surface area is 160 Å². The number of rotatable bonds is 0. The Kier molecular flexibility index (Phi) is 2.71. The molecule has 0 bridgehead atoms. The number of aromatic nitrogens is 9. The number of hydrogen-bond donors (Lipinski definition) is 0. The normalized spacial score (nSPS) is 18.7. The van der Waals surface area contributed by atoms with Gasteiger partial charge in [-0.3, -0.25) is 4.98 Å². The minimum atomic E-state index is -4.59. The highest BCUT2D eigenvalue weighted by Crippen LogP contribution is 2.39. The molecule has 2 aliphatic heterocycles. The van der Waals surface area contributed by atoms with Crippen molar-refractivity contribution in [2.45, 2.75) is 25.9 Å². The van der Waals surface area contributed by atoms with Gasteiger partial charge in [0, 0.05) is 6.07 Å². The van der Waals surface area contributed by atoms with Crippen molar-refractivity contribution >= 4 is 0 Å². The molecule has 0 saturated carbocycles. The van der Waals surface area contributed by atoms with Crippen LogP contribution in [0.25, 0.3) is 22.9 Å². The van der Waals surface area contributed by atoms with E-state index in [0.29, 0.717) is 28.7 Å². The molecule has 0 aromatic carbocycles. The van der Waals surface area contributed by atoms with Crippen LogP contribution in [0.5, 0.6) is 0 Å². The fourth-order valence-electron chi connectivity index (χ4n) is 4.08. The molecule has 4 aromatic heterocycles. The third-order valence-electron chi connectivity index (χ3n) is 5.14. The van der Waals surface area contributed by atoms with Crippen LogP contribution in [0.2, 0.25) is 0 Å². The Morgan fingerprint density at radius 2 is 1.86 bits per heavy atom. The summed E-state index contributed by atoms with van der Waals surface area (Å²) in [6.07, 6.45) is 3.57. The molecular formula is C17H12F3N9+2. The lowest BCUT2D eigenvalue weighted by atomic mass is 10.3. The molecule has 29 heavy (non-hydrogen) atoms. The smallest absolute Gasteiger partial charge is 0.251 e. The fourth-order valence-corrected chi connectivity index (χ4v) is 4.08. The maximum Gasteiger partial charge on any atom is 0.584 e. The molecule has 1 unspecified atom stereocenters. The number of nitrogens with zero attached hydrogens (tertiary/aromatic N) is 9. The van der Waals surface area contributed by atoms with Crippen LogP contribution in [0.1, 0.15) is 17.2 Å². The monoisotopic (exact) mass is 399 g/mol. The van der Waals surface area contributed by atoms with E-state index < -0.39 is 17.8 Å². The number of halogens is 3. The van der Waals surface area contributed by atoms with Crippen LogP contribution in [-0.2, 0) is 12.1 Å². The number of alkyl halides is 3. The van der Waals surface area contributed by atoms with Crippen molar-refractivity contribution in [3.63, 3.8) is 0 Å². The molecule has 0 saturated heterocycles. The standard InChI is InChI=1S/C17H12F3N9/c1-9-8-27-13(7-22-9)15-23-10(2)24-29(15)17(27)26-4-3-21-6-12(26)11-5-14(16(18,19)20)25-28(11)17/h3-8H,1-2H3/q+2. The molecule has 0 amide bonds. The lowest BCUT2D eigenvalue weighted by Gasteiger charge is -2.15. The molecule has 9 nitrogen and oxygen atoms in total. The zero-order valence-corrected chi connectivity index (χ0v) is 15.1. The highest BCUT2D eigenvalue weighted by Gasteiger charge is 2.71. The fraction of sp³-hybridized carbons (Fsp3) is 0.235. The average molecular weight is 399 g/mol. The van der Waals surface area contributed by atoms with Crippen molar-refractivity contribution in [2.24, 2.45) is 0 Å². The third-order valence-corrected chi connectivity index (χ3v) is 5.14. The summed E-state index contributed by atoms with van der Waals surface area (Å²) in [6, 6.07) is 1.03. The first kappa shape index (κ1) is 16.3. The lowest BCUT2D eigenvalue weighted by molar-refractivity contribution is -0.991. The topological polar surface area (TPSA) is 82.1 Å². The minimum Gasteiger partial charge on any atom is -0.251 e. The van der Waals surface area contributed by atoms with Crippen LogP contribution >= 0.6 is 0 Å². The number of aryl methyl sites for hydroxylation is 2. The van der Waals surface area contributed by atoms with Gasteiger partial charge < -0.3 is 0 Å². The van der Waals surface area contributed by atoms with Crippen LogP contribution in [0.4, 0.5) is 13.2 Å². The molecule has 4 aromatic rings. The molecule has 12 heteroatoms. The van der Waals surface area contributed by atoms with Crippen LogP contribution in [0.15, 0.2) is 37.1 Å². The van der Waals surface area contributed by atoms with Crippen molar-refractivity contribution in [2.75, 3.05) is 0 Å². The summed E-state index contributed by atoms with van der Waals surface area (Å²) in [4.78, 5) is 12.9. The second-order valence-electron chi connectivity index (χ2n) is 6.93. The van der Waals surface area contributed by atoms with Crippen molar-refractivity contribution in [3.05, 3.63) is 54.3 Å². The van der Waals surface area contributed by atoms with E-state index in [1.54, 1.807) is 52.5 Å².